The molecule has 188 valence electrons. The molecule has 3 unspecified atom stereocenters. The second-order valence-electron chi connectivity index (χ2n) is 10.9. The fourth-order valence-corrected chi connectivity index (χ4v) is 6.40. The molecule has 7 rings (SSSR count). The molecule has 7 heteroatoms. The summed E-state index contributed by atoms with van der Waals surface area (Å²) in [5.41, 5.74) is 6.92. The van der Waals surface area contributed by atoms with Crippen LogP contribution in [0.4, 0.5) is 11.4 Å². The molecule has 4 aromatic rings. The molecule has 3 aromatic carbocycles. The van der Waals surface area contributed by atoms with Crippen molar-refractivity contribution in [3.8, 4) is 17.0 Å². The number of hydrogen-bond acceptors (Lipinski definition) is 5. The largest absolute Gasteiger partial charge is 0.497 e. The van der Waals surface area contributed by atoms with Crippen LogP contribution < -0.4 is 15.0 Å². The van der Waals surface area contributed by atoms with E-state index in [1.165, 1.54) is 12.1 Å². The van der Waals surface area contributed by atoms with Crippen molar-refractivity contribution >= 4 is 28.2 Å². The molecule has 37 heavy (non-hydrogen) atoms. The minimum Gasteiger partial charge on any atom is -0.497 e. The topological polar surface area (TPSA) is 73.5 Å². The summed E-state index contributed by atoms with van der Waals surface area (Å²) in [6.45, 7) is 2.16. The molecule has 3 atom stereocenters. The highest BCUT2D eigenvalue weighted by molar-refractivity contribution is 6.10. The quantitative estimate of drug-likeness (QED) is 0.420. The standard InChI is InChI=1S/C30H31N5O2/c1-34(2)21-12-13-35(17-21)20-7-4-18(5-8-20)28-23-10-6-19(14-27(23)32-33-28)25-16-30(25)24-15-22(37-3)9-11-26(24)31-29(30)36/h4-11,14-15,21,25H,12-13,16-17H2,1-3H3,(H,31,36)(H,32,33). The molecule has 2 N–H and O–H groups in total. The van der Waals surface area contributed by atoms with Crippen LogP contribution in [0.1, 0.15) is 29.9 Å². The molecule has 0 radical (unpaired) electrons. The maximum Gasteiger partial charge on any atom is 0.235 e. The van der Waals surface area contributed by atoms with Crippen LogP contribution in [0.25, 0.3) is 22.2 Å². The Hall–Kier alpha value is -3.84. The highest BCUT2D eigenvalue weighted by Crippen LogP contribution is 2.65. The highest BCUT2D eigenvalue weighted by atomic mass is 16.5. The Morgan fingerprint density at radius 2 is 1.92 bits per heavy atom. The van der Waals surface area contributed by atoms with E-state index in [0.29, 0.717) is 6.04 Å². The maximum absolute atomic E-state index is 13.0. The van der Waals surface area contributed by atoms with Gasteiger partial charge in [0.1, 0.15) is 5.75 Å². The summed E-state index contributed by atoms with van der Waals surface area (Å²) in [4.78, 5) is 17.8. The zero-order valence-electron chi connectivity index (χ0n) is 21.4. The number of carbonyl (C=O) groups excluding carboxylic acids is 1. The Morgan fingerprint density at radius 1 is 1.08 bits per heavy atom. The fraction of sp³-hybridized carbons (Fsp3) is 0.333. The molecule has 2 aliphatic heterocycles. The van der Waals surface area contributed by atoms with E-state index in [9.17, 15) is 4.79 Å². The number of rotatable bonds is 5. The third-order valence-electron chi connectivity index (χ3n) is 8.71. The first-order chi connectivity index (χ1) is 18.0. The smallest absolute Gasteiger partial charge is 0.235 e. The van der Waals surface area contributed by atoms with Crippen molar-refractivity contribution < 1.29 is 9.53 Å². The average Bonchev–Trinajstić information content (AvgIpc) is 3.19. The Labute approximate surface area is 216 Å². The number of fused-ring (bicyclic) bond motifs is 3. The molecule has 2 fully saturated rings. The number of anilines is 2. The number of aromatic nitrogens is 2. The molecular weight excluding hydrogens is 462 g/mol. The van der Waals surface area contributed by atoms with Gasteiger partial charge in [0, 0.05) is 47.4 Å². The highest BCUT2D eigenvalue weighted by Gasteiger charge is 2.65. The van der Waals surface area contributed by atoms with Crippen LogP contribution >= 0.6 is 0 Å². The van der Waals surface area contributed by atoms with Crippen LogP contribution in [0.2, 0.25) is 0 Å². The predicted molar refractivity (Wildman–Crippen MR) is 146 cm³/mol. The SMILES string of the molecule is COc1ccc2c(c1)C1(CC1c1ccc3c(-c4ccc(N5CCC(N(C)C)C5)cc4)n[nH]c3c1)C(=O)N2. The van der Waals surface area contributed by atoms with Gasteiger partial charge < -0.3 is 19.9 Å². The number of ether oxygens (including phenoxy) is 1. The summed E-state index contributed by atoms with van der Waals surface area (Å²) in [6, 6.07) is 21.7. The van der Waals surface area contributed by atoms with Crippen molar-refractivity contribution in [2.45, 2.75) is 30.2 Å². The van der Waals surface area contributed by atoms with Crippen LogP contribution in [-0.4, -0.2) is 61.3 Å². The summed E-state index contributed by atoms with van der Waals surface area (Å²) in [5.74, 6) is 1.01. The molecule has 1 aliphatic carbocycles. The molecule has 3 heterocycles. The molecule has 1 saturated carbocycles. The van der Waals surface area contributed by atoms with Crippen molar-refractivity contribution in [3.63, 3.8) is 0 Å². The number of aromatic amines is 1. The molecule has 0 bridgehead atoms. The van der Waals surface area contributed by atoms with Gasteiger partial charge in [-0.3, -0.25) is 9.89 Å². The number of nitrogens with one attached hydrogen (secondary N) is 2. The molecular formula is C30H31N5O2. The van der Waals surface area contributed by atoms with Gasteiger partial charge in [0.05, 0.1) is 23.7 Å². The monoisotopic (exact) mass is 493 g/mol. The Morgan fingerprint density at radius 3 is 2.68 bits per heavy atom. The van der Waals surface area contributed by atoms with E-state index >= 15 is 0 Å². The van der Waals surface area contributed by atoms with Gasteiger partial charge in [-0.05, 0) is 74.5 Å². The van der Waals surface area contributed by atoms with Gasteiger partial charge in [0.2, 0.25) is 5.91 Å². The lowest BCUT2D eigenvalue weighted by molar-refractivity contribution is -0.118. The average molecular weight is 494 g/mol. The summed E-state index contributed by atoms with van der Waals surface area (Å²) < 4.78 is 5.43. The molecule has 7 nitrogen and oxygen atoms in total. The summed E-state index contributed by atoms with van der Waals surface area (Å²) in [5, 5.41) is 12.1. The number of hydrogen-bond donors (Lipinski definition) is 2. The zero-order valence-corrected chi connectivity index (χ0v) is 21.4. The first-order valence-electron chi connectivity index (χ1n) is 13.0. The number of benzene rings is 3. The number of amides is 1. The lowest BCUT2D eigenvalue weighted by Gasteiger charge is -2.22. The van der Waals surface area contributed by atoms with Gasteiger partial charge in [-0.15, -0.1) is 0 Å². The van der Waals surface area contributed by atoms with Crippen LogP contribution in [0.5, 0.6) is 5.75 Å². The second kappa shape index (κ2) is 8.08. The van der Waals surface area contributed by atoms with Gasteiger partial charge in [0.15, 0.2) is 0 Å². The maximum atomic E-state index is 13.0. The normalized spacial score (nSPS) is 24.2. The predicted octanol–water partition coefficient (Wildman–Crippen LogP) is 4.76. The van der Waals surface area contributed by atoms with Crippen LogP contribution in [0, 0.1) is 0 Å². The van der Waals surface area contributed by atoms with Gasteiger partial charge in [-0.25, -0.2) is 0 Å². The van der Waals surface area contributed by atoms with E-state index in [0.717, 1.165) is 64.2 Å². The van der Waals surface area contributed by atoms with E-state index in [2.05, 4.69) is 81.9 Å². The van der Waals surface area contributed by atoms with Crippen LogP contribution in [0.15, 0.2) is 60.7 Å². The Bertz CT molecular complexity index is 1530. The number of H-pyrrole nitrogens is 1. The van der Waals surface area contributed by atoms with E-state index in [1.54, 1.807) is 7.11 Å². The molecule has 1 spiro atoms. The Kier molecular flexibility index (Phi) is 4.88. The van der Waals surface area contributed by atoms with Gasteiger partial charge in [-0.2, -0.15) is 5.10 Å². The van der Waals surface area contributed by atoms with Crippen molar-refractivity contribution in [3.05, 3.63) is 71.8 Å². The molecule has 1 amide bonds. The van der Waals surface area contributed by atoms with Crippen molar-refractivity contribution in [2.24, 2.45) is 0 Å². The van der Waals surface area contributed by atoms with Crippen LogP contribution in [-0.2, 0) is 10.2 Å². The third-order valence-corrected chi connectivity index (χ3v) is 8.71. The number of methoxy groups -OCH3 is 1. The lowest BCUT2D eigenvalue weighted by Crippen LogP contribution is -2.31. The number of likely N-dealkylation sites (N-methyl/N-ethyl adjacent to an activating group) is 1. The van der Waals surface area contributed by atoms with E-state index in [1.807, 2.05) is 18.2 Å². The van der Waals surface area contributed by atoms with Crippen molar-refractivity contribution in [1.82, 2.24) is 15.1 Å². The van der Waals surface area contributed by atoms with Crippen LogP contribution in [0.3, 0.4) is 0 Å². The zero-order chi connectivity index (χ0) is 25.3. The summed E-state index contributed by atoms with van der Waals surface area (Å²) >= 11 is 0. The number of nitrogens with zero attached hydrogens (tertiary/aromatic N) is 3. The first-order valence-corrected chi connectivity index (χ1v) is 13.0. The summed E-state index contributed by atoms with van der Waals surface area (Å²) in [7, 11) is 5.98. The number of carbonyl (C=O) groups is 1. The van der Waals surface area contributed by atoms with E-state index in [-0.39, 0.29) is 11.8 Å². The first kappa shape index (κ1) is 22.4. The van der Waals surface area contributed by atoms with E-state index in [4.69, 9.17) is 4.74 Å². The minimum atomic E-state index is -0.503. The Balaban J connectivity index is 1.15. The van der Waals surface area contributed by atoms with Crippen molar-refractivity contribution in [1.29, 1.82) is 0 Å². The second-order valence-corrected chi connectivity index (χ2v) is 10.9. The van der Waals surface area contributed by atoms with Gasteiger partial charge in [0.25, 0.3) is 0 Å². The third kappa shape index (κ3) is 3.37. The lowest BCUT2D eigenvalue weighted by atomic mass is 9.91. The summed E-state index contributed by atoms with van der Waals surface area (Å²) in [6.07, 6.45) is 2.00. The van der Waals surface area contributed by atoms with Gasteiger partial charge in [-0.1, -0.05) is 24.3 Å². The molecule has 3 aliphatic rings. The molecule has 1 aromatic heterocycles. The van der Waals surface area contributed by atoms with Crippen molar-refractivity contribution in [2.75, 3.05) is 44.5 Å². The van der Waals surface area contributed by atoms with E-state index < -0.39 is 5.41 Å². The van der Waals surface area contributed by atoms with Gasteiger partial charge >= 0.3 is 0 Å². The fourth-order valence-electron chi connectivity index (χ4n) is 6.40. The minimum absolute atomic E-state index is 0.0844. The molecule has 1 saturated heterocycles.